The number of carbonyl (C=O) groups excluding carboxylic acids is 1. The summed E-state index contributed by atoms with van der Waals surface area (Å²) >= 11 is 6.30. The lowest BCUT2D eigenvalue weighted by molar-refractivity contribution is 0.0183. The van der Waals surface area contributed by atoms with E-state index in [1.807, 2.05) is 40.8 Å². The molecule has 8 rings (SSSR count). The number of pyridine rings is 1. The van der Waals surface area contributed by atoms with Gasteiger partial charge in [0.15, 0.2) is 0 Å². The predicted octanol–water partition coefficient (Wildman–Crippen LogP) is 6.77. The highest BCUT2D eigenvalue weighted by Gasteiger charge is 2.50. The molecule has 5 aromatic rings. The number of likely N-dealkylation sites (tertiary alicyclic amines) is 1. The summed E-state index contributed by atoms with van der Waals surface area (Å²) in [6, 6.07) is 27.1. The molecule has 2 bridgehead atoms. The molecule has 3 saturated heterocycles. The molecule has 2 atom stereocenters. The molecule has 0 N–H and O–H groups in total. The summed E-state index contributed by atoms with van der Waals surface area (Å²) in [6.07, 6.45) is 2.93. The van der Waals surface area contributed by atoms with Crippen molar-refractivity contribution in [3.8, 4) is 0 Å². The standard InChI is InChI=1S/C42H45ClF3N5O4SSi/c1-41(2,3)57(34-10-6-4-7-11-34,35-12-8-5-9-13-35)55-21-18-38-47-25-32-23-33(56(53,54)49-20-19-42(45,46)28-49)24-39(51(32)38)50-30-15-16-31(50)27-48(26-30)40(52)36-17-14-29(44)22-37(36)43/h4-14,17,22-25,30-31H,15-16,18-21,26-28H2,1-3H3. The van der Waals surface area contributed by atoms with Gasteiger partial charge in [-0.3, -0.25) is 9.20 Å². The number of anilines is 1. The molecule has 3 aromatic carbocycles. The van der Waals surface area contributed by atoms with Crippen molar-refractivity contribution in [1.82, 2.24) is 18.6 Å². The number of halogens is 4. The fraction of sp³-hybridized carbons (Fsp3) is 0.381. The van der Waals surface area contributed by atoms with E-state index in [2.05, 4.69) is 49.9 Å². The van der Waals surface area contributed by atoms with Gasteiger partial charge in [-0.2, -0.15) is 4.31 Å². The molecule has 15 heteroatoms. The van der Waals surface area contributed by atoms with Crippen LogP contribution in [0.15, 0.2) is 102 Å². The van der Waals surface area contributed by atoms with E-state index in [4.69, 9.17) is 21.0 Å². The summed E-state index contributed by atoms with van der Waals surface area (Å²) in [6.45, 7) is 6.44. The van der Waals surface area contributed by atoms with Crippen molar-refractivity contribution in [2.45, 2.75) is 74.4 Å². The summed E-state index contributed by atoms with van der Waals surface area (Å²) in [5.41, 5.74) is 0.718. The molecule has 300 valence electrons. The molecule has 1 amide bonds. The average molecular weight is 836 g/mol. The van der Waals surface area contributed by atoms with Crippen molar-refractivity contribution in [2.75, 3.05) is 37.7 Å². The number of carbonyl (C=O) groups is 1. The third kappa shape index (κ3) is 7.17. The van der Waals surface area contributed by atoms with Gasteiger partial charge in [0, 0.05) is 51.2 Å². The number of alkyl halides is 2. The molecule has 3 aliphatic heterocycles. The minimum Gasteiger partial charge on any atom is -0.407 e. The zero-order chi connectivity index (χ0) is 40.3. The van der Waals surface area contributed by atoms with Crippen molar-refractivity contribution in [3.63, 3.8) is 0 Å². The Morgan fingerprint density at radius 1 is 0.947 bits per heavy atom. The van der Waals surface area contributed by atoms with Gasteiger partial charge in [-0.05, 0) is 58.6 Å². The number of hydrogen-bond donors (Lipinski definition) is 0. The second kappa shape index (κ2) is 14.9. The van der Waals surface area contributed by atoms with Crippen LogP contribution in [0.4, 0.5) is 19.0 Å². The first-order chi connectivity index (χ1) is 27.1. The molecule has 9 nitrogen and oxygen atoms in total. The Bertz CT molecular complexity index is 2360. The Labute approximate surface area is 337 Å². The summed E-state index contributed by atoms with van der Waals surface area (Å²) in [7, 11) is -7.18. The van der Waals surface area contributed by atoms with Crippen molar-refractivity contribution in [2.24, 2.45) is 0 Å². The molecule has 3 fully saturated rings. The first-order valence-electron chi connectivity index (χ1n) is 19.3. The summed E-state index contributed by atoms with van der Waals surface area (Å²) in [4.78, 5) is 22.3. The van der Waals surface area contributed by atoms with Crippen LogP contribution >= 0.6 is 11.6 Å². The third-order valence-corrected chi connectivity index (χ3v) is 18.9. The Balaban J connectivity index is 1.17. The molecule has 3 aliphatic rings. The van der Waals surface area contributed by atoms with E-state index in [0.717, 1.165) is 33.6 Å². The second-order valence-electron chi connectivity index (χ2n) is 16.3. The number of imidazole rings is 1. The first kappa shape index (κ1) is 39.6. The van der Waals surface area contributed by atoms with Gasteiger partial charge in [0.05, 0.1) is 33.7 Å². The van der Waals surface area contributed by atoms with Crippen LogP contribution in [-0.4, -0.2) is 92.0 Å². The highest BCUT2D eigenvalue weighted by molar-refractivity contribution is 7.89. The van der Waals surface area contributed by atoms with Gasteiger partial charge in [0.1, 0.15) is 17.5 Å². The van der Waals surface area contributed by atoms with Gasteiger partial charge < -0.3 is 14.2 Å². The number of hydrogen-bond acceptors (Lipinski definition) is 6. The van der Waals surface area contributed by atoms with Gasteiger partial charge in [-0.1, -0.05) is 93.0 Å². The molecule has 0 spiro atoms. The number of benzene rings is 3. The van der Waals surface area contributed by atoms with Crippen LogP contribution in [0.25, 0.3) is 5.52 Å². The first-order valence-corrected chi connectivity index (χ1v) is 23.0. The highest BCUT2D eigenvalue weighted by atomic mass is 35.5. The van der Waals surface area contributed by atoms with Crippen molar-refractivity contribution in [1.29, 1.82) is 0 Å². The van der Waals surface area contributed by atoms with E-state index < -0.39 is 43.0 Å². The molecule has 0 saturated carbocycles. The fourth-order valence-electron chi connectivity index (χ4n) is 9.06. The average Bonchev–Trinajstić information content (AvgIpc) is 3.85. The van der Waals surface area contributed by atoms with Gasteiger partial charge in [-0.25, -0.2) is 26.6 Å². The van der Waals surface area contributed by atoms with Crippen LogP contribution in [-0.2, 0) is 20.9 Å². The molecule has 2 aromatic heterocycles. The molecule has 5 heterocycles. The van der Waals surface area contributed by atoms with Gasteiger partial charge in [0.25, 0.3) is 20.1 Å². The summed E-state index contributed by atoms with van der Waals surface area (Å²) in [5.74, 6) is -2.73. The van der Waals surface area contributed by atoms with E-state index in [0.29, 0.717) is 43.3 Å². The quantitative estimate of drug-likeness (QED) is 0.145. The molecule has 0 aliphatic carbocycles. The lowest BCUT2D eigenvalue weighted by atomic mass is 10.1. The van der Waals surface area contributed by atoms with E-state index in [1.165, 1.54) is 18.2 Å². The van der Waals surface area contributed by atoms with Crippen LogP contribution in [0, 0.1) is 5.82 Å². The molecular formula is C42H45ClF3N5O4SSi. The number of amides is 1. The summed E-state index contributed by atoms with van der Waals surface area (Å²) in [5, 5.41) is 2.07. The molecule has 2 unspecified atom stereocenters. The smallest absolute Gasteiger partial charge is 0.262 e. The Hall–Kier alpha value is -4.21. The number of rotatable bonds is 10. The van der Waals surface area contributed by atoms with Gasteiger partial charge in [0.2, 0.25) is 10.0 Å². The Kier molecular flexibility index (Phi) is 10.3. The fourth-order valence-corrected chi connectivity index (χ4v) is 15.4. The Morgan fingerprint density at radius 3 is 2.14 bits per heavy atom. The van der Waals surface area contributed by atoms with Crippen LogP contribution in [0.3, 0.4) is 0 Å². The lowest BCUT2D eigenvalue weighted by Gasteiger charge is -2.43. The van der Waals surface area contributed by atoms with Crippen LogP contribution in [0.1, 0.15) is 56.2 Å². The van der Waals surface area contributed by atoms with E-state index >= 15 is 0 Å². The number of aromatic nitrogens is 2. The lowest BCUT2D eigenvalue weighted by Crippen LogP contribution is -2.66. The third-order valence-electron chi connectivity index (χ3n) is 11.7. The summed E-state index contributed by atoms with van der Waals surface area (Å²) < 4.78 is 80.6. The van der Waals surface area contributed by atoms with Crippen molar-refractivity contribution < 1.29 is 30.8 Å². The topological polar surface area (TPSA) is 87.5 Å². The maximum absolute atomic E-state index is 14.3. The minimum absolute atomic E-state index is 0.0326. The SMILES string of the molecule is CC(C)(C)[Si](OCCc1ncc2cc(S(=O)(=O)N3CCC(F)(F)C3)cc(N3C4CCC3CN(C(=O)c3ccc(F)cc3Cl)C4)n12)(c1ccccc1)c1ccccc1. The van der Waals surface area contributed by atoms with E-state index in [1.54, 1.807) is 17.2 Å². The Morgan fingerprint density at radius 2 is 1.58 bits per heavy atom. The zero-order valence-corrected chi connectivity index (χ0v) is 34.6. The predicted molar refractivity (Wildman–Crippen MR) is 217 cm³/mol. The number of sulfonamides is 1. The molecular weight excluding hydrogens is 791 g/mol. The van der Waals surface area contributed by atoms with Gasteiger partial charge in [-0.15, -0.1) is 0 Å². The van der Waals surface area contributed by atoms with E-state index in [-0.39, 0.29) is 45.1 Å². The van der Waals surface area contributed by atoms with E-state index in [9.17, 15) is 26.4 Å². The monoisotopic (exact) mass is 835 g/mol. The highest BCUT2D eigenvalue weighted by Crippen LogP contribution is 2.40. The molecule has 57 heavy (non-hydrogen) atoms. The minimum atomic E-state index is -4.29. The normalized spacial score (nSPS) is 20.1. The maximum atomic E-state index is 14.3. The number of piperazine rings is 1. The number of fused-ring (bicyclic) bond motifs is 3. The van der Waals surface area contributed by atoms with Gasteiger partial charge >= 0.3 is 0 Å². The largest absolute Gasteiger partial charge is 0.407 e. The van der Waals surface area contributed by atoms with Crippen molar-refractivity contribution >= 4 is 57.6 Å². The number of nitrogens with zero attached hydrogens (tertiary/aromatic N) is 5. The van der Waals surface area contributed by atoms with Crippen LogP contribution < -0.4 is 15.3 Å². The van der Waals surface area contributed by atoms with Crippen LogP contribution in [0.5, 0.6) is 0 Å². The zero-order valence-electron chi connectivity index (χ0n) is 32.0. The molecule has 0 radical (unpaired) electrons. The van der Waals surface area contributed by atoms with Crippen molar-refractivity contribution in [3.05, 3.63) is 119 Å². The maximum Gasteiger partial charge on any atom is 0.262 e. The second-order valence-corrected chi connectivity index (χ2v) is 23.0. The van der Waals surface area contributed by atoms with Crippen LogP contribution in [0.2, 0.25) is 10.1 Å².